The molecule has 0 spiro atoms. The van der Waals surface area contributed by atoms with E-state index in [2.05, 4.69) is 10.5 Å². The largest absolute Gasteiger partial charge is 0.361 e. The first-order valence-corrected chi connectivity index (χ1v) is 7.03. The summed E-state index contributed by atoms with van der Waals surface area (Å²) in [6.45, 7) is 4.85. The number of rotatable bonds is 4. The number of hydrogen-bond donors (Lipinski definition) is 2. The van der Waals surface area contributed by atoms with Crippen LogP contribution in [-0.4, -0.2) is 17.6 Å². The molecular weight excluding hydrogens is 242 g/mol. The molecule has 0 aromatic carbocycles. The Hall–Kier alpha value is -1.36. The summed E-state index contributed by atoms with van der Waals surface area (Å²) in [7, 11) is 0. The highest BCUT2D eigenvalue weighted by Gasteiger charge is 2.29. The molecule has 1 aromatic heterocycles. The van der Waals surface area contributed by atoms with E-state index < -0.39 is 0 Å². The van der Waals surface area contributed by atoms with Crippen molar-refractivity contribution in [3.63, 3.8) is 0 Å². The molecule has 1 aliphatic carbocycles. The Bertz CT molecular complexity index is 422. The number of carbonyl (C=O) groups is 1. The van der Waals surface area contributed by atoms with Gasteiger partial charge < -0.3 is 15.6 Å². The van der Waals surface area contributed by atoms with Crippen molar-refractivity contribution in [3.8, 4) is 0 Å². The van der Waals surface area contributed by atoms with Crippen LogP contribution < -0.4 is 11.1 Å². The van der Waals surface area contributed by atoms with Crippen molar-refractivity contribution in [1.82, 2.24) is 10.5 Å². The Labute approximate surface area is 113 Å². The molecule has 1 amide bonds. The molecule has 1 fully saturated rings. The second kappa shape index (κ2) is 6.19. The maximum absolute atomic E-state index is 12.3. The van der Waals surface area contributed by atoms with Crippen molar-refractivity contribution < 1.29 is 9.32 Å². The predicted octanol–water partition coefficient (Wildman–Crippen LogP) is 1.67. The summed E-state index contributed by atoms with van der Waals surface area (Å²) >= 11 is 0. The van der Waals surface area contributed by atoms with Crippen LogP contribution in [0.2, 0.25) is 0 Å². The second-order valence-electron chi connectivity index (χ2n) is 5.41. The van der Waals surface area contributed by atoms with Gasteiger partial charge in [-0.2, -0.15) is 0 Å². The van der Waals surface area contributed by atoms with Crippen molar-refractivity contribution in [2.24, 2.45) is 17.6 Å². The molecule has 19 heavy (non-hydrogen) atoms. The lowest BCUT2D eigenvalue weighted by Crippen LogP contribution is -2.39. The number of nitrogens with two attached hydrogens (primary N) is 1. The smallest absolute Gasteiger partial charge is 0.223 e. The van der Waals surface area contributed by atoms with Crippen LogP contribution in [0.1, 0.15) is 42.7 Å². The summed E-state index contributed by atoms with van der Waals surface area (Å²) < 4.78 is 5.09. The molecular formula is C14H23N3O2. The minimum absolute atomic E-state index is 0.0687. The van der Waals surface area contributed by atoms with Gasteiger partial charge in [-0.05, 0) is 39.2 Å². The Morgan fingerprint density at radius 1 is 1.42 bits per heavy atom. The maximum Gasteiger partial charge on any atom is 0.223 e. The molecule has 0 bridgehead atoms. The fraction of sp³-hybridized carbons (Fsp3) is 0.714. The lowest BCUT2D eigenvalue weighted by Gasteiger charge is -2.29. The standard InChI is InChI=1S/C14H23N3O2/c1-9-13(10(2)19-17-9)8-16-14(18)12-6-4-3-5-11(12)7-15/h11-12H,3-8,15H2,1-2H3,(H,16,18). The average Bonchev–Trinajstić information content (AvgIpc) is 2.75. The summed E-state index contributed by atoms with van der Waals surface area (Å²) in [5, 5.41) is 6.90. The van der Waals surface area contributed by atoms with Crippen molar-refractivity contribution in [2.45, 2.75) is 46.1 Å². The van der Waals surface area contributed by atoms with Gasteiger partial charge in [0, 0.05) is 18.0 Å². The molecule has 2 rings (SSSR count). The van der Waals surface area contributed by atoms with Crippen LogP contribution in [-0.2, 0) is 11.3 Å². The first-order chi connectivity index (χ1) is 9.13. The van der Waals surface area contributed by atoms with Crippen LogP contribution in [0.4, 0.5) is 0 Å². The molecule has 1 saturated carbocycles. The average molecular weight is 265 g/mol. The highest BCUT2D eigenvalue weighted by atomic mass is 16.5. The third kappa shape index (κ3) is 3.15. The number of aryl methyl sites for hydroxylation is 2. The van der Waals surface area contributed by atoms with Crippen molar-refractivity contribution in [1.29, 1.82) is 0 Å². The van der Waals surface area contributed by atoms with Crippen LogP contribution in [0.25, 0.3) is 0 Å². The molecule has 1 aromatic rings. The molecule has 1 heterocycles. The molecule has 2 unspecified atom stereocenters. The molecule has 3 N–H and O–H groups in total. The SMILES string of the molecule is Cc1noc(C)c1CNC(=O)C1CCCCC1CN. The van der Waals surface area contributed by atoms with Gasteiger partial charge in [0.25, 0.3) is 0 Å². The summed E-state index contributed by atoms with van der Waals surface area (Å²) in [4.78, 5) is 12.3. The third-order valence-corrected chi connectivity index (χ3v) is 4.17. The number of nitrogens with one attached hydrogen (secondary N) is 1. The molecule has 106 valence electrons. The van der Waals surface area contributed by atoms with Crippen molar-refractivity contribution in [3.05, 3.63) is 17.0 Å². The topological polar surface area (TPSA) is 81.2 Å². The molecule has 0 radical (unpaired) electrons. The van der Waals surface area contributed by atoms with Crippen LogP contribution in [0.5, 0.6) is 0 Å². The van der Waals surface area contributed by atoms with E-state index in [0.29, 0.717) is 19.0 Å². The molecule has 5 nitrogen and oxygen atoms in total. The zero-order valence-corrected chi connectivity index (χ0v) is 11.7. The van der Waals surface area contributed by atoms with E-state index >= 15 is 0 Å². The highest BCUT2D eigenvalue weighted by molar-refractivity contribution is 5.79. The van der Waals surface area contributed by atoms with Crippen LogP contribution >= 0.6 is 0 Å². The second-order valence-corrected chi connectivity index (χ2v) is 5.41. The molecule has 5 heteroatoms. The molecule has 0 aliphatic heterocycles. The number of aromatic nitrogens is 1. The van der Waals surface area contributed by atoms with E-state index in [1.807, 2.05) is 13.8 Å². The predicted molar refractivity (Wildman–Crippen MR) is 72.3 cm³/mol. The third-order valence-electron chi connectivity index (χ3n) is 4.17. The molecule has 2 atom stereocenters. The maximum atomic E-state index is 12.3. The minimum Gasteiger partial charge on any atom is -0.361 e. The van der Waals surface area contributed by atoms with Gasteiger partial charge in [-0.1, -0.05) is 18.0 Å². The quantitative estimate of drug-likeness (QED) is 0.867. The van der Waals surface area contributed by atoms with Crippen LogP contribution in [0.3, 0.4) is 0 Å². The zero-order chi connectivity index (χ0) is 13.8. The van der Waals surface area contributed by atoms with Gasteiger partial charge in [-0.3, -0.25) is 4.79 Å². The summed E-state index contributed by atoms with van der Waals surface area (Å²) in [5.74, 6) is 1.30. The minimum atomic E-state index is 0.0687. The fourth-order valence-electron chi connectivity index (χ4n) is 2.90. The van der Waals surface area contributed by atoms with Gasteiger partial charge in [0.1, 0.15) is 5.76 Å². The zero-order valence-electron chi connectivity index (χ0n) is 11.7. The van der Waals surface area contributed by atoms with Gasteiger partial charge in [-0.15, -0.1) is 0 Å². The van der Waals surface area contributed by atoms with E-state index in [-0.39, 0.29) is 11.8 Å². The van der Waals surface area contributed by atoms with E-state index in [9.17, 15) is 4.79 Å². The van der Waals surface area contributed by atoms with Gasteiger partial charge in [0.05, 0.1) is 5.69 Å². The van der Waals surface area contributed by atoms with E-state index in [1.165, 1.54) is 6.42 Å². The Kier molecular flexibility index (Phi) is 4.58. The van der Waals surface area contributed by atoms with E-state index in [1.54, 1.807) is 0 Å². The Balaban J connectivity index is 1.93. The first kappa shape index (κ1) is 14.1. The Morgan fingerprint density at radius 3 is 2.79 bits per heavy atom. The summed E-state index contributed by atoms with van der Waals surface area (Å²) in [6.07, 6.45) is 4.34. The van der Waals surface area contributed by atoms with Crippen molar-refractivity contribution >= 4 is 5.91 Å². The normalized spacial score (nSPS) is 23.3. The summed E-state index contributed by atoms with van der Waals surface area (Å²) in [5.41, 5.74) is 7.59. The lowest BCUT2D eigenvalue weighted by molar-refractivity contribution is -0.127. The van der Waals surface area contributed by atoms with Gasteiger partial charge >= 0.3 is 0 Å². The van der Waals surface area contributed by atoms with E-state index in [4.69, 9.17) is 10.3 Å². The number of hydrogen-bond acceptors (Lipinski definition) is 4. The lowest BCUT2D eigenvalue weighted by atomic mass is 9.79. The van der Waals surface area contributed by atoms with E-state index in [0.717, 1.165) is 36.3 Å². The molecule has 0 saturated heterocycles. The van der Waals surface area contributed by atoms with Gasteiger partial charge in [0.2, 0.25) is 5.91 Å². The summed E-state index contributed by atoms with van der Waals surface area (Å²) in [6, 6.07) is 0. The monoisotopic (exact) mass is 265 g/mol. The number of amides is 1. The number of carbonyl (C=O) groups excluding carboxylic acids is 1. The number of nitrogens with zero attached hydrogens (tertiary/aromatic N) is 1. The Morgan fingerprint density at radius 2 is 2.16 bits per heavy atom. The fourth-order valence-corrected chi connectivity index (χ4v) is 2.90. The highest BCUT2D eigenvalue weighted by Crippen LogP contribution is 2.29. The van der Waals surface area contributed by atoms with Crippen LogP contribution in [0.15, 0.2) is 4.52 Å². The van der Waals surface area contributed by atoms with Gasteiger partial charge in [-0.25, -0.2) is 0 Å². The van der Waals surface area contributed by atoms with Crippen molar-refractivity contribution in [2.75, 3.05) is 6.54 Å². The van der Waals surface area contributed by atoms with Crippen LogP contribution in [0, 0.1) is 25.7 Å². The molecule has 1 aliphatic rings. The van der Waals surface area contributed by atoms with Gasteiger partial charge in [0.15, 0.2) is 0 Å². The first-order valence-electron chi connectivity index (χ1n) is 7.03.